The topological polar surface area (TPSA) is 44.4 Å². The molecule has 104 valence electrons. The Kier molecular flexibility index (Phi) is 5.01. The lowest BCUT2D eigenvalue weighted by atomic mass is 9.91. The second-order valence-corrected chi connectivity index (χ2v) is 5.87. The zero-order valence-corrected chi connectivity index (χ0v) is 11.7. The molecule has 0 aromatic heterocycles. The number of hydrogen-bond donors (Lipinski definition) is 2. The smallest absolute Gasteiger partial charge is 0.224 e. The number of nitrogens with one attached hydrogen (secondary N) is 2. The molecule has 0 aromatic carbocycles. The van der Waals surface area contributed by atoms with Gasteiger partial charge in [-0.05, 0) is 52.7 Å². The first kappa shape index (κ1) is 13.8. The molecule has 0 radical (unpaired) electrons. The van der Waals surface area contributed by atoms with Crippen molar-refractivity contribution in [1.29, 1.82) is 0 Å². The molecule has 1 amide bonds. The molecule has 4 nitrogen and oxygen atoms in total. The summed E-state index contributed by atoms with van der Waals surface area (Å²) in [7, 11) is 2.17. The summed E-state index contributed by atoms with van der Waals surface area (Å²) >= 11 is 0. The second kappa shape index (κ2) is 6.53. The molecule has 3 unspecified atom stereocenters. The highest BCUT2D eigenvalue weighted by Gasteiger charge is 2.28. The van der Waals surface area contributed by atoms with E-state index in [1.165, 1.54) is 25.8 Å². The van der Waals surface area contributed by atoms with E-state index in [0.717, 1.165) is 25.9 Å². The fourth-order valence-electron chi connectivity index (χ4n) is 3.15. The van der Waals surface area contributed by atoms with E-state index in [4.69, 9.17) is 0 Å². The van der Waals surface area contributed by atoms with Crippen molar-refractivity contribution in [2.45, 2.75) is 51.1 Å². The van der Waals surface area contributed by atoms with Gasteiger partial charge in [0.15, 0.2) is 0 Å². The number of carbonyl (C=O) groups is 1. The Hall–Kier alpha value is -0.610. The molecular weight excluding hydrogens is 226 g/mol. The van der Waals surface area contributed by atoms with Gasteiger partial charge in [0.05, 0.1) is 5.92 Å². The third kappa shape index (κ3) is 3.45. The number of nitrogens with zero attached hydrogens (tertiary/aromatic N) is 1. The summed E-state index contributed by atoms with van der Waals surface area (Å²) in [5.74, 6) is 0.404. The van der Waals surface area contributed by atoms with Crippen molar-refractivity contribution < 1.29 is 4.79 Å². The maximum Gasteiger partial charge on any atom is 0.224 e. The lowest BCUT2D eigenvalue weighted by Crippen LogP contribution is -2.50. The van der Waals surface area contributed by atoms with E-state index in [1.54, 1.807) is 0 Å². The van der Waals surface area contributed by atoms with E-state index in [1.807, 2.05) is 0 Å². The molecule has 2 aliphatic rings. The number of rotatable bonds is 3. The van der Waals surface area contributed by atoms with Crippen LogP contribution < -0.4 is 10.6 Å². The number of likely N-dealkylation sites (N-methyl/N-ethyl adjacent to an activating group) is 1. The fraction of sp³-hybridized carbons (Fsp3) is 0.929. The molecule has 0 spiro atoms. The Bertz CT molecular complexity index is 282. The fourth-order valence-corrected chi connectivity index (χ4v) is 3.15. The van der Waals surface area contributed by atoms with Gasteiger partial charge in [-0.3, -0.25) is 4.79 Å². The molecule has 2 heterocycles. The summed E-state index contributed by atoms with van der Waals surface area (Å²) in [6.07, 6.45) is 5.96. The molecule has 3 atom stereocenters. The van der Waals surface area contributed by atoms with Gasteiger partial charge in [-0.1, -0.05) is 6.42 Å². The summed E-state index contributed by atoms with van der Waals surface area (Å²) in [4.78, 5) is 14.6. The molecule has 0 saturated carbocycles. The molecule has 0 bridgehead atoms. The normalized spacial score (nSPS) is 34.2. The highest BCUT2D eigenvalue weighted by Crippen LogP contribution is 2.17. The van der Waals surface area contributed by atoms with Crippen LogP contribution in [0.3, 0.4) is 0 Å². The highest BCUT2D eigenvalue weighted by molar-refractivity contribution is 5.79. The Morgan fingerprint density at radius 2 is 2.17 bits per heavy atom. The van der Waals surface area contributed by atoms with Crippen molar-refractivity contribution in [2.24, 2.45) is 5.92 Å². The zero-order valence-electron chi connectivity index (χ0n) is 11.7. The van der Waals surface area contributed by atoms with Gasteiger partial charge >= 0.3 is 0 Å². The Labute approximate surface area is 110 Å². The molecule has 2 aliphatic heterocycles. The van der Waals surface area contributed by atoms with Crippen LogP contribution in [0.15, 0.2) is 0 Å². The maximum atomic E-state index is 12.2. The third-order valence-corrected chi connectivity index (χ3v) is 4.53. The largest absolute Gasteiger partial charge is 0.354 e. The summed E-state index contributed by atoms with van der Waals surface area (Å²) in [6, 6.07) is 0.859. The van der Waals surface area contributed by atoms with Crippen molar-refractivity contribution in [1.82, 2.24) is 15.5 Å². The third-order valence-electron chi connectivity index (χ3n) is 4.53. The van der Waals surface area contributed by atoms with Gasteiger partial charge in [-0.15, -0.1) is 0 Å². The molecule has 2 N–H and O–H groups in total. The molecule has 2 saturated heterocycles. The van der Waals surface area contributed by atoms with Crippen LogP contribution in [0, 0.1) is 5.92 Å². The van der Waals surface area contributed by atoms with Gasteiger partial charge < -0.3 is 15.5 Å². The van der Waals surface area contributed by atoms with Crippen LogP contribution in [0.1, 0.15) is 39.0 Å². The second-order valence-electron chi connectivity index (χ2n) is 5.87. The van der Waals surface area contributed by atoms with Gasteiger partial charge in [-0.25, -0.2) is 0 Å². The van der Waals surface area contributed by atoms with Crippen molar-refractivity contribution in [3.8, 4) is 0 Å². The van der Waals surface area contributed by atoms with E-state index in [0.29, 0.717) is 12.1 Å². The molecule has 18 heavy (non-hydrogen) atoms. The average Bonchev–Trinajstić information content (AvgIpc) is 2.38. The van der Waals surface area contributed by atoms with E-state index in [2.05, 4.69) is 29.5 Å². The van der Waals surface area contributed by atoms with Crippen LogP contribution in [0.2, 0.25) is 0 Å². The Morgan fingerprint density at radius 3 is 2.89 bits per heavy atom. The number of amides is 1. The molecule has 2 rings (SSSR count). The monoisotopic (exact) mass is 253 g/mol. The highest BCUT2D eigenvalue weighted by atomic mass is 16.1. The van der Waals surface area contributed by atoms with Crippen LogP contribution in [-0.4, -0.2) is 49.6 Å². The van der Waals surface area contributed by atoms with Gasteiger partial charge in [0.2, 0.25) is 5.91 Å². The van der Waals surface area contributed by atoms with Crippen LogP contribution in [0.4, 0.5) is 0 Å². The Morgan fingerprint density at radius 1 is 1.33 bits per heavy atom. The number of likely N-dealkylation sites (tertiary alicyclic amines) is 1. The summed E-state index contributed by atoms with van der Waals surface area (Å²) in [5, 5.41) is 6.55. The first-order valence-corrected chi connectivity index (χ1v) is 7.40. The van der Waals surface area contributed by atoms with Gasteiger partial charge in [-0.2, -0.15) is 0 Å². The number of piperidine rings is 2. The first-order chi connectivity index (χ1) is 8.68. The van der Waals surface area contributed by atoms with Crippen molar-refractivity contribution in [2.75, 3.05) is 26.7 Å². The minimum Gasteiger partial charge on any atom is -0.354 e. The first-order valence-electron chi connectivity index (χ1n) is 7.40. The molecular formula is C14H27N3O. The minimum absolute atomic E-state index is 0.160. The van der Waals surface area contributed by atoms with Crippen molar-refractivity contribution >= 4 is 5.91 Å². The van der Waals surface area contributed by atoms with E-state index < -0.39 is 0 Å². The SMILES string of the molecule is CC1NCCCC1C(=O)NCC1CCCCN1C. The molecule has 4 heteroatoms. The van der Waals surface area contributed by atoms with Crippen molar-refractivity contribution in [3.05, 3.63) is 0 Å². The predicted octanol–water partition coefficient (Wildman–Crippen LogP) is 0.975. The Balaban J connectivity index is 1.76. The summed E-state index contributed by atoms with van der Waals surface area (Å²) < 4.78 is 0. The standard InChI is InChI=1S/C14H27N3O/c1-11-13(7-5-8-15-11)14(18)16-10-12-6-3-4-9-17(12)2/h11-13,15H,3-10H2,1-2H3,(H,16,18). The molecule has 0 aromatic rings. The van der Waals surface area contributed by atoms with Crippen LogP contribution in [-0.2, 0) is 4.79 Å². The lowest BCUT2D eigenvalue weighted by molar-refractivity contribution is -0.126. The van der Waals surface area contributed by atoms with Crippen LogP contribution in [0.25, 0.3) is 0 Å². The maximum absolute atomic E-state index is 12.2. The number of hydrogen-bond acceptors (Lipinski definition) is 3. The van der Waals surface area contributed by atoms with E-state index in [9.17, 15) is 4.79 Å². The zero-order chi connectivity index (χ0) is 13.0. The number of carbonyl (C=O) groups excluding carboxylic acids is 1. The average molecular weight is 253 g/mol. The molecule has 0 aliphatic carbocycles. The minimum atomic E-state index is 0.160. The van der Waals surface area contributed by atoms with Gasteiger partial charge in [0.1, 0.15) is 0 Å². The summed E-state index contributed by atoms with van der Waals surface area (Å²) in [5.41, 5.74) is 0. The molecule has 2 fully saturated rings. The van der Waals surface area contributed by atoms with Crippen molar-refractivity contribution in [3.63, 3.8) is 0 Å². The van der Waals surface area contributed by atoms with Crippen LogP contribution >= 0.6 is 0 Å². The van der Waals surface area contributed by atoms with Gasteiger partial charge in [0, 0.05) is 18.6 Å². The van der Waals surface area contributed by atoms with Crippen LogP contribution in [0.5, 0.6) is 0 Å². The predicted molar refractivity (Wildman–Crippen MR) is 73.5 cm³/mol. The lowest BCUT2D eigenvalue weighted by Gasteiger charge is -2.34. The quantitative estimate of drug-likeness (QED) is 0.788. The van der Waals surface area contributed by atoms with E-state index in [-0.39, 0.29) is 11.8 Å². The summed E-state index contributed by atoms with van der Waals surface area (Å²) in [6.45, 7) is 5.16. The van der Waals surface area contributed by atoms with E-state index >= 15 is 0 Å². The van der Waals surface area contributed by atoms with Gasteiger partial charge in [0.25, 0.3) is 0 Å².